The van der Waals surface area contributed by atoms with Gasteiger partial charge in [0.25, 0.3) is 5.91 Å². The zero-order chi connectivity index (χ0) is 16.5. The fourth-order valence-electron chi connectivity index (χ4n) is 1.60. The number of esters is 1. The molecule has 0 aromatic heterocycles. The van der Waals surface area contributed by atoms with E-state index >= 15 is 0 Å². The molecule has 0 fully saturated rings. The number of carbonyl (C=O) groups excluding carboxylic acids is 3. The Balaban J connectivity index is 2.39. The standard InChI is InChI=1S/C16H21NO5/c1-4-9-17-16(20)12(3)22-15(19)10-21-14-7-5-13(6-8-14)11(2)18/h5-8,12H,4,9-10H2,1-3H3,(H,17,20). The molecule has 1 aromatic rings. The Labute approximate surface area is 129 Å². The predicted octanol–water partition coefficient (Wildman–Crippen LogP) is 1.73. The van der Waals surface area contributed by atoms with Gasteiger partial charge in [-0.3, -0.25) is 9.59 Å². The molecule has 0 aliphatic heterocycles. The van der Waals surface area contributed by atoms with Crippen LogP contribution in [-0.2, 0) is 14.3 Å². The van der Waals surface area contributed by atoms with Crippen LogP contribution in [0.15, 0.2) is 24.3 Å². The normalized spacial score (nSPS) is 11.4. The number of benzene rings is 1. The first-order valence-electron chi connectivity index (χ1n) is 7.15. The lowest BCUT2D eigenvalue weighted by Gasteiger charge is -2.13. The lowest BCUT2D eigenvalue weighted by molar-refractivity contribution is -0.156. The summed E-state index contributed by atoms with van der Waals surface area (Å²) in [6.45, 7) is 5.15. The monoisotopic (exact) mass is 307 g/mol. The summed E-state index contributed by atoms with van der Waals surface area (Å²) >= 11 is 0. The maximum Gasteiger partial charge on any atom is 0.344 e. The van der Waals surface area contributed by atoms with Crippen molar-refractivity contribution in [3.63, 3.8) is 0 Å². The van der Waals surface area contributed by atoms with Gasteiger partial charge in [0, 0.05) is 12.1 Å². The molecule has 1 aromatic carbocycles. The maximum atomic E-state index is 11.6. The van der Waals surface area contributed by atoms with E-state index < -0.39 is 12.1 Å². The van der Waals surface area contributed by atoms with Gasteiger partial charge in [0.2, 0.25) is 0 Å². The molecule has 0 bridgehead atoms. The van der Waals surface area contributed by atoms with Gasteiger partial charge >= 0.3 is 5.97 Å². The summed E-state index contributed by atoms with van der Waals surface area (Å²) in [6, 6.07) is 6.43. The van der Waals surface area contributed by atoms with Gasteiger partial charge in [0.05, 0.1) is 0 Å². The number of carbonyl (C=O) groups is 3. The van der Waals surface area contributed by atoms with Gasteiger partial charge in [-0.2, -0.15) is 0 Å². The molecular weight excluding hydrogens is 286 g/mol. The first-order chi connectivity index (χ1) is 10.4. The third kappa shape index (κ3) is 5.95. The van der Waals surface area contributed by atoms with Crippen molar-refractivity contribution in [1.82, 2.24) is 5.32 Å². The molecule has 0 saturated carbocycles. The Hall–Kier alpha value is -2.37. The van der Waals surface area contributed by atoms with E-state index in [-0.39, 0.29) is 18.3 Å². The van der Waals surface area contributed by atoms with Crippen molar-refractivity contribution in [2.75, 3.05) is 13.2 Å². The van der Waals surface area contributed by atoms with Crippen LogP contribution >= 0.6 is 0 Å². The second-order valence-electron chi connectivity index (χ2n) is 4.79. The van der Waals surface area contributed by atoms with Gasteiger partial charge in [0.1, 0.15) is 5.75 Å². The van der Waals surface area contributed by atoms with Crippen molar-refractivity contribution in [1.29, 1.82) is 0 Å². The Morgan fingerprint density at radius 3 is 2.36 bits per heavy atom. The second kappa shape index (κ2) is 8.81. The van der Waals surface area contributed by atoms with Crippen LogP contribution in [0.4, 0.5) is 0 Å². The molecule has 120 valence electrons. The highest BCUT2D eigenvalue weighted by Crippen LogP contribution is 2.12. The van der Waals surface area contributed by atoms with Crippen molar-refractivity contribution in [3.8, 4) is 5.75 Å². The van der Waals surface area contributed by atoms with Crippen LogP contribution in [0.25, 0.3) is 0 Å². The van der Waals surface area contributed by atoms with Crippen molar-refractivity contribution >= 4 is 17.7 Å². The average molecular weight is 307 g/mol. The molecule has 0 aliphatic carbocycles. The molecule has 6 nitrogen and oxygen atoms in total. The van der Waals surface area contributed by atoms with E-state index in [1.54, 1.807) is 24.3 Å². The summed E-state index contributed by atoms with van der Waals surface area (Å²) in [6.07, 6.45) is -0.0473. The van der Waals surface area contributed by atoms with E-state index in [0.29, 0.717) is 17.9 Å². The second-order valence-corrected chi connectivity index (χ2v) is 4.79. The zero-order valence-corrected chi connectivity index (χ0v) is 13.0. The molecular formula is C16H21NO5. The number of ketones is 1. The van der Waals surface area contributed by atoms with Gasteiger partial charge in [0.15, 0.2) is 18.5 Å². The summed E-state index contributed by atoms with van der Waals surface area (Å²) in [5.74, 6) is -0.557. The van der Waals surface area contributed by atoms with E-state index in [9.17, 15) is 14.4 Å². The van der Waals surface area contributed by atoms with Crippen molar-refractivity contribution in [3.05, 3.63) is 29.8 Å². The molecule has 1 rings (SSSR count). The minimum atomic E-state index is -0.859. The smallest absolute Gasteiger partial charge is 0.344 e. The SMILES string of the molecule is CCCNC(=O)C(C)OC(=O)COc1ccc(C(C)=O)cc1. The van der Waals surface area contributed by atoms with Gasteiger partial charge in [-0.1, -0.05) is 6.92 Å². The van der Waals surface area contributed by atoms with Crippen LogP contribution in [0.2, 0.25) is 0 Å². The van der Waals surface area contributed by atoms with Crippen LogP contribution < -0.4 is 10.1 Å². The minimum Gasteiger partial charge on any atom is -0.482 e. The van der Waals surface area contributed by atoms with E-state index in [1.165, 1.54) is 13.8 Å². The summed E-state index contributed by atoms with van der Waals surface area (Å²) in [5.41, 5.74) is 0.566. The fourth-order valence-corrected chi connectivity index (χ4v) is 1.60. The number of ether oxygens (including phenoxy) is 2. The first kappa shape index (κ1) is 17.7. The molecule has 1 N–H and O–H groups in total. The molecule has 1 atom stereocenters. The topological polar surface area (TPSA) is 81.7 Å². The molecule has 22 heavy (non-hydrogen) atoms. The molecule has 1 amide bonds. The van der Waals surface area contributed by atoms with Crippen molar-refractivity contribution in [2.45, 2.75) is 33.3 Å². The summed E-state index contributed by atoms with van der Waals surface area (Å²) < 4.78 is 10.2. The molecule has 0 radical (unpaired) electrons. The molecule has 0 heterocycles. The number of hydrogen-bond donors (Lipinski definition) is 1. The van der Waals surface area contributed by atoms with Crippen LogP contribution in [0.3, 0.4) is 0 Å². The quantitative estimate of drug-likeness (QED) is 0.584. The van der Waals surface area contributed by atoms with Crippen LogP contribution in [0.5, 0.6) is 5.75 Å². The Kier molecular flexibility index (Phi) is 7.08. The Bertz CT molecular complexity index is 524. The highest BCUT2D eigenvalue weighted by Gasteiger charge is 2.17. The highest BCUT2D eigenvalue weighted by molar-refractivity contribution is 5.94. The average Bonchev–Trinajstić information content (AvgIpc) is 2.50. The molecule has 0 aliphatic rings. The Morgan fingerprint density at radius 1 is 1.18 bits per heavy atom. The molecule has 0 saturated heterocycles. The van der Waals surface area contributed by atoms with Gasteiger partial charge < -0.3 is 14.8 Å². The number of amides is 1. The molecule has 0 spiro atoms. The van der Waals surface area contributed by atoms with E-state index in [4.69, 9.17) is 9.47 Å². The van der Waals surface area contributed by atoms with Crippen LogP contribution in [0.1, 0.15) is 37.6 Å². The summed E-state index contributed by atoms with van der Waals surface area (Å²) in [5, 5.41) is 2.64. The van der Waals surface area contributed by atoms with E-state index in [1.807, 2.05) is 6.92 Å². The highest BCUT2D eigenvalue weighted by atomic mass is 16.6. The molecule has 6 heteroatoms. The third-order valence-electron chi connectivity index (χ3n) is 2.84. The van der Waals surface area contributed by atoms with Crippen LogP contribution in [-0.4, -0.2) is 36.9 Å². The number of rotatable bonds is 8. The largest absolute Gasteiger partial charge is 0.482 e. The first-order valence-corrected chi connectivity index (χ1v) is 7.15. The fraction of sp³-hybridized carbons (Fsp3) is 0.438. The Morgan fingerprint density at radius 2 is 1.82 bits per heavy atom. The number of nitrogens with one attached hydrogen (secondary N) is 1. The van der Waals surface area contributed by atoms with Crippen LogP contribution in [0, 0.1) is 0 Å². The maximum absolute atomic E-state index is 11.6. The predicted molar refractivity (Wildman–Crippen MR) is 80.8 cm³/mol. The molecule has 1 unspecified atom stereocenters. The van der Waals surface area contributed by atoms with E-state index in [2.05, 4.69) is 5.32 Å². The third-order valence-corrected chi connectivity index (χ3v) is 2.84. The van der Waals surface area contributed by atoms with Gasteiger partial charge in [-0.05, 0) is 44.5 Å². The van der Waals surface area contributed by atoms with Crippen molar-refractivity contribution in [2.24, 2.45) is 0 Å². The number of Topliss-reactive ketones (excluding diaryl/α,β-unsaturated/α-hetero) is 1. The zero-order valence-electron chi connectivity index (χ0n) is 13.0. The van der Waals surface area contributed by atoms with Crippen molar-refractivity contribution < 1.29 is 23.9 Å². The number of hydrogen-bond acceptors (Lipinski definition) is 5. The summed E-state index contributed by atoms with van der Waals surface area (Å²) in [4.78, 5) is 34.3. The van der Waals surface area contributed by atoms with Gasteiger partial charge in [-0.25, -0.2) is 4.79 Å². The van der Waals surface area contributed by atoms with Gasteiger partial charge in [-0.15, -0.1) is 0 Å². The lowest BCUT2D eigenvalue weighted by Crippen LogP contribution is -2.37. The lowest BCUT2D eigenvalue weighted by atomic mass is 10.1. The minimum absolute atomic E-state index is 0.0436. The van der Waals surface area contributed by atoms with E-state index in [0.717, 1.165) is 6.42 Å². The summed E-state index contributed by atoms with van der Waals surface area (Å²) in [7, 11) is 0.